The van der Waals surface area contributed by atoms with E-state index in [1.165, 1.54) is 19.3 Å². The zero-order valence-corrected chi connectivity index (χ0v) is 12.9. The Kier molecular flexibility index (Phi) is 4.99. The van der Waals surface area contributed by atoms with Crippen molar-refractivity contribution in [3.05, 3.63) is 27.7 Å². The molecule has 2 rings (SSSR count). The van der Waals surface area contributed by atoms with Crippen molar-refractivity contribution in [2.45, 2.75) is 45.7 Å². The standard InChI is InChI=1S/C15H21Cl2NO/c1-3-10-4-5-14(9(10)2)18-8-11-6-12(16)7-13(17)15(11)19/h6-7,9-10,14,18-19H,3-5,8H2,1-2H3. The first kappa shape index (κ1) is 15.0. The number of hydrogen-bond donors (Lipinski definition) is 2. The molecule has 1 aliphatic carbocycles. The van der Waals surface area contributed by atoms with Crippen molar-refractivity contribution in [3.8, 4) is 5.75 Å². The van der Waals surface area contributed by atoms with Crippen LogP contribution >= 0.6 is 23.2 Å². The van der Waals surface area contributed by atoms with Crippen LogP contribution < -0.4 is 5.32 Å². The lowest BCUT2D eigenvalue weighted by Gasteiger charge is -2.21. The van der Waals surface area contributed by atoms with E-state index in [2.05, 4.69) is 19.2 Å². The number of aromatic hydroxyl groups is 1. The van der Waals surface area contributed by atoms with Gasteiger partial charge in [0.1, 0.15) is 5.75 Å². The van der Waals surface area contributed by atoms with Crippen LogP contribution in [0.2, 0.25) is 10.0 Å². The summed E-state index contributed by atoms with van der Waals surface area (Å²) in [6.45, 7) is 5.17. The van der Waals surface area contributed by atoms with E-state index in [1.807, 2.05) is 0 Å². The molecular formula is C15H21Cl2NO. The van der Waals surface area contributed by atoms with Crippen LogP contribution in [-0.4, -0.2) is 11.1 Å². The van der Waals surface area contributed by atoms with Gasteiger partial charge in [0.25, 0.3) is 0 Å². The van der Waals surface area contributed by atoms with Gasteiger partial charge in [0, 0.05) is 23.2 Å². The number of benzene rings is 1. The molecule has 1 aromatic rings. The highest BCUT2D eigenvalue weighted by Gasteiger charge is 2.31. The molecule has 1 saturated carbocycles. The summed E-state index contributed by atoms with van der Waals surface area (Å²) < 4.78 is 0. The van der Waals surface area contributed by atoms with Crippen molar-refractivity contribution in [1.29, 1.82) is 0 Å². The summed E-state index contributed by atoms with van der Waals surface area (Å²) in [5.74, 6) is 1.63. The van der Waals surface area contributed by atoms with Crippen molar-refractivity contribution < 1.29 is 5.11 Å². The number of phenolic OH excluding ortho intramolecular Hbond substituents is 1. The summed E-state index contributed by atoms with van der Waals surface area (Å²) in [6, 6.07) is 3.85. The number of phenols is 1. The first-order valence-electron chi connectivity index (χ1n) is 6.93. The maximum Gasteiger partial charge on any atom is 0.138 e. The highest BCUT2D eigenvalue weighted by Crippen LogP contribution is 2.35. The lowest BCUT2D eigenvalue weighted by Crippen LogP contribution is -2.32. The van der Waals surface area contributed by atoms with E-state index in [4.69, 9.17) is 23.2 Å². The fraction of sp³-hybridized carbons (Fsp3) is 0.600. The molecule has 4 heteroatoms. The molecule has 0 saturated heterocycles. The van der Waals surface area contributed by atoms with Crippen molar-refractivity contribution in [1.82, 2.24) is 5.32 Å². The monoisotopic (exact) mass is 301 g/mol. The molecule has 3 unspecified atom stereocenters. The summed E-state index contributed by atoms with van der Waals surface area (Å²) in [5.41, 5.74) is 0.768. The molecule has 2 nitrogen and oxygen atoms in total. The molecule has 0 amide bonds. The third kappa shape index (κ3) is 3.36. The summed E-state index contributed by atoms with van der Waals surface area (Å²) in [7, 11) is 0. The van der Waals surface area contributed by atoms with Gasteiger partial charge < -0.3 is 10.4 Å². The van der Waals surface area contributed by atoms with Crippen LogP contribution in [0.4, 0.5) is 0 Å². The van der Waals surface area contributed by atoms with Gasteiger partial charge in [-0.25, -0.2) is 0 Å². The lowest BCUT2D eigenvalue weighted by atomic mass is 9.93. The Labute approximate surface area is 125 Å². The van der Waals surface area contributed by atoms with E-state index in [9.17, 15) is 5.11 Å². The summed E-state index contributed by atoms with van der Waals surface area (Å²) in [6.07, 6.45) is 3.74. The van der Waals surface area contributed by atoms with Gasteiger partial charge in [-0.3, -0.25) is 0 Å². The molecule has 1 fully saturated rings. The van der Waals surface area contributed by atoms with Gasteiger partial charge in [-0.15, -0.1) is 0 Å². The van der Waals surface area contributed by atoms with Crippen LogP contribution in [0.5, 0.6) is 5.75 Å². The highest BCUT2D eigenvalue weighted by atomic mass is 35.5. The topological polar surface area (TPSA) is 32.3 Å². The fourth-order valence-electron chi connectivity index (χ4n) is 3.11. The molecule has 2 N–H and O–H groups in total. The Morgan fingerprint density at radius 1 is 1.32 bits per heavy atom. The fourth-order valence-corrected chi connectivity index (χ4v) is 3.64. The zero-order chi connectivity index (χ0) is 14.0. The second-order valence-corrected chi connectivity index (χ2v) is 6.33. The molecule has 0 heterocycles. The molecular weight excluding hydrogens is 281 g/mol. The second-order valence-electron chi connectivity index (χ2n) is 5.49. The Morgan fingerprint density at radius 2 is 2.05 bits per heavy atom. The molecule has 0 bridgehead atoms. The SMILES string of the molecule is CCC1CCC(NCc2cc(Cl)cc(Cl)c2O)C1C. The maximum absolute atomic E-state index is 9.93. The molecule has 0 spiro atoms. The molecule has 1 aromatic carbocycles. The number of hydrogen-bond acceptors (Lipinski definition) is 2. The van der Waals surface area contributed by atoms with Crippen LogP contribution in [0.1, 0.15) is 38.7 Å². The van der Waals surface area contributed by atoms with Gasteiger partial charge >= 0.3 is 0 Å². The molecule has 3 atom stereocenters. The van der Waals surface area contributed by atoms with Gasteiger partial charge in [-0.2, -0.15) is 0 Å². The average Bonchev–Trinajstić information content (AvgIpc) is 2.73. The van der Waals surface area contributed by atoms with Gasteiger partial charge in [0.05, 0.1) is 5.02 Å². The van der Waals surface area contributed by atoms with E-state index in [1.54, 1.807) is 12.1 Å². The van der Waals surface area contributed by atoms with Crippen molar-refractivity contribution in [2.24, 2.45) is 11.8 Å². The largest absolute Gasteiger partial charge is 0.506 e. The Balaban J connectivity index is 2.00. The third-order valence-electron chi connectivity index (χ3n) is 4.41. The van der Waals surface area contributed by atoms with E-state index in [0.29, 0.717) is 28.5 Å². The molecule has 0 radical (unpaired) electrons. The number of halogens is 2. The minimum Gasteiger partial charge on any atom is -0.506 e. The number of rotatable bonds is 4. The average molecular weight is 302 g/mol. The maximum atomic E-state index is 9.93. The number of nitrogens with one attached hydrogen (secondary N) is 1. The highest BCUT2D eigenvalue weighted by molar-refractivity contribution is 6.35. The minimum absolute atomic E-state index is 0.135. The minimum atomic E-state index is 0.135. The van der Waals surface area contributed by atoms with Crippen LogP contribution in [0, 0.1) is 11.8 Å². The smallest absolute Gasteiger partial charge is 0.138 e. The van der Waals surface area contributed by atoms with E-state index in [-0.39, 0.29) is 5.75 Å². The molecule has 19 heavy (non-hydrogen) atoms. The van der Waals surface area contributed by atoms with E-state index in [0.717, 1.165) is 11.5 Å². The first-order valence-corrected chi connectivity index (χ1v) is 7.68. The van der Waals surface area contributed by atoms with Crippen molar-refractivity contribution in [2.75, 3.05) is 0 Å². The van der Waals surface area contributed by atoms with Gasteiger partial charge in [-0.05, 0) is 36.8 Å². The molecule has 0 aliphatic heterocycles. The normalized spacial score (nSPS) is 26.8. The van der Waals surface area contributed by atoms with Gasteiger partial charge in [0.2, 0.25) is 0 Å². The summed E-state index contributed by atoms with van der Waals surface area (Å²) in [4.78, 5) is 0. The van der Waals surface area contributed by atoms with Crippen LogP contribution in [-0.2, 0) is 6.54 Å². The first-order chi connectivity index (χ1) is 9.02. The van der Waals surface area contributed by atoms with Crippen molar-refractivity contribution >= 4 is 23.2 Å². The summed E-state index contributed by atoms with van der Waals surface area (Å²) >= 11 is 11.9. The molecule has 1 aliphatic rings. The van der Waals surface area contributed by atoms with Crippen LogP contribution in [0.3, 0.4) is 0 Å². The second kappa shape index (κ2) is 6.34. The Hall–Kier alpha value is -0.440. The van der Waals surface area contributed by atoms with Gasteiger partial charge in [-0.1, -0.05) is 43.5 Å². The van der Waals surface area contributed by atoms with Crippen LogP contribution in [0.15, 0.2) is 12.1 Å². The van der Waals surface area contributed by atoms with Crippen LogP contribution in [0.25, 0.3) is 0 Å². The molecule has 0 aromatic heterocycles. The Morgan fingerprint density at radius 3 is 2.68 bits per heavy atom. The molecule has 106 valence electrons. The van der Waals surface area contributed by atoms with E-state index >= 15 is 0 Å². The predicted molar refractivity (Wildman–Crippen MR) is 80.9 cm³/mol. The predicted octanol–water partition coefficient (Wildman–Crippen LogP) is 4.61. The van der Waals surface area contributed by atoms with Gasteiger partial charge in [0.15, 0.2) is 0 Å². The zero-order valence-electron chi connectivity index (χ0n) is 11.4. The summed E-state index contributed by atoms with van der Waals surface area (Å²) in [5, 5.41) is 14.3. The quantitative estimate of drug-likeness (QED) is 0.851. The van der Waals surface area contributed by atoms with E-state index < -0.39 is 0 Å². The lowest BCUT2D eigenvalue weighted by molar-refractivity contribution is 0.343. The van der Waals surface area contributed by atoms with Crippen molar-refractivity contribution in [3.63, 3.8) is 0 Å². The Bertz CT molecular complexity index is 450. The third-order valence-corrected chi connectivity index (χ3v) is 4.92.